The van der Waals surface area contributed by atoms with Gasteiger partial charge in [0, 0.05) is 18.0 Å². The average Bonchev–Trinajstić information content (AvgIpc) is 3.12. The molecular formula is C20H22FNO6S. The average molecular weight is 423 g/mol. The predicted octanol–water partition coefficient (Wildman–Crippen LogP) is 3.50. The van der Waals surface area contributed by atoms with Crippen LogP contribution < -0.4 is 9.47 Å². The molecule has 0 fully saturated rings. The Hall–Kier alpha value is -3.07. The summed E-state index contributed by atoms with van der Waals surface area (Å²) in [6.07, 6.45) is 1.59. The third kappa shape index (κ3) is 4.68. The number of aryl methyl sites for hydroxylation is 1. The molecule has 0 bridgehead atoms. The number of aliphatic carboxylic acids is 1. The van der Waals surface area contributed by atoms with Crippen LogP contribution in [0.2, 0.25) is 0 Å². The first kappa shape index (κ1) is 22.2. The summed E-state index contributed by atoms with van der Waals surface area (Å²) in [4.78, 5) is 11.1. The second-order valence-corrected chi connectivity index (χ2v) is 7.72. The first-order chi connectivity index (χ1) is 13.9. The zero-order valence-electron chi connectivity index (χ0n) is 16.3. The highest BCUT2D eigenvalue weighted by atomic mass is 32.2. The van der Waals surface area contributed by atoms with E-state index in [2.05, 4.69) is 0 Å². The molecule has 0 aliphatic heterocycles. The topological polar surface area (TPSA) is 94.8 Å². The minimum absolute atomic E-state index is 0.0983. The molecule has 29 heavy (non-hydrogen) atoms. The normalized spacial score (nSPS) is 10.9. The Bertz CT molecular complexity index is 1090. The molecule has 2 aromatic carbocycles. The summed E-state index contributed by atoms with van der Waals surface area (Å²) in [5.74, 6) is 0.175. The largest absolute Gasteiger partial charge is 0.497 e. The lowest BCUT2D eigenvalue weighted by Crippen LogP contribution is -2.11. The van der Waals surface area contributed by atoms with Gasteiger partial charge in [-0.1, -0.05) is 0 Å². The number of alkyl halides is 1. The van der Waals surface area contributed by atoms with Crippen LogP contribution in [0, 0.1) is 0 Å². The Labute approximate surface area is 168 Å². The number of nitrogens with zero attached hydrogens (tertiary/aromatic N) is 1. The molecule has 1 heterocycles. The van der Waals surface area contributed by atoms with Gasteiger partial charge in [0.05, 0.1) is 31.8 Å². The van der Waals surface area contributed by atoms with Crippen LogP contribution in [-0.2, 0) is 21.2 Å². The lowest BCUT2D eigenvalue weighted by molar-refractivity contribution is -0.136. The van der Waals surface area contributed by atoms with Gasteiger partial charge in [0.2, 0.25) is 0 Å². The Morgan fingerprint density at radius 1 is 1.03 bits per heavy atom. The van der Waals surface area contributed by atoms with Gasteiger partial charge in [-0.3, -0.25) is 9.18 Å². The van der Waals surface area contributed by atoms with E-state index in [0.717, 1.165) is 0 Å². The maximum Gasteiger partial charge on any atom is 0.303 e. The molecule has 3 rings (SSSR count). The SMILES string of the molecule is CF.COc1ccc(S(=O)(=O)n2cc(CCC(=O)O)c3cc(OC)ccc32)cc1. The standard InChI is InChI=1S/C19H19NO6S.CH3F/c1-25-14-4-7-16(8-5-14)27(23,24)20-12-13(3-10-19(21)22)17-11-15(26-2)6-9-18(17)20;1-2/h4-9,11-12H,3,10H2,1-2H3,(H,21,22);1H3. The number of halogens is 1. The smallest absolute Gasteiger partial charge is 0.303 e. The number of methoxy groups -OCH3 is 2. The lowest BCUT2D eigenvalue weighted by Gasteiger charge is -2.09. The van der Waals surface area contributed by atoms with Gasteiger partial charge < -0.3 is 14.6 Å². The van der Waals surface area contributed by atoms with Crippen LogP contribution in [0.5, 0.6) is 11.5 Å². The molecule has 0 aliphatic carbocycles. The van der Waals surface area contributed by atoms with E-state index in [9.17, 15) is 17.6 Å². The van der Waals surface area contributed by atoms with E-state index in [1.54, 1.807) is 30.3 Å². The number of fused-ring (bicyclic) bond motifs is 1. The number of hydrogen-bond donors (Lipinski definition) is 1. The molecule has 0 amide bonds. The number of carboxylic acid groups (broad SMARTS) is 1. The maximum atomic E-state index is 13.1. The fourth-order valence-electron chi connectivity index (χ4n) is 2.87. The highest BCUT2D eigenvalue weighted by molar-refractivity contribution is 7.90. The summed E-state index contributed by atoms with van der Waals surface area (Å²) in [5.41, 5.74) is 1.09. The summed E-state index contributed by atoms with van der Waals surface area (Å²) in [6.45, 7) is 0. The number of hydrogen-bond acceptors (Lipinski definition) is 5. The van der Waals surface area contributed by atoms with Crippen molar-refractivity contribution in [3.63, 3.8) is 0 Å². The molecule has 0 spiro atoms. The van der Waals surface area contributed by atoms with Crippen molar-refractivity contribution >= 4 is 26.9 Å². The van der Waals surface area contributed by atoms with Crippen molar-refractivity contribution in [1.29, 1.82) is 0 Å². The minimum Gasteiger partial charge on any atom is -0.497 e. The first-order valence-electron chi connectivity index (χ1n) is 8.54. The maximum absolute atomic E-state index is 13.1. The number of benzene rings is 2. The van der Waals surface area contributed by atoms with Crippen molar-refractivity contribution in [2.75, 3.05) is 21.4 Å². The second-order valence-electron chi connectivity index (χ2n) is 5.91. The van der Waals surface area contributed by atoms with Gasteiger partial charge >= 0.3 is 5.97 Å². The van der Waals surface area contributed by atoms with Crippen LogP contribution in [0.25, 0.3) is 10.9 Å². The lowest BCUT2D eigenvalue weighted by atomic mass is 10.1. The third-order valence-electron chi connectivity index (χ3n) is 4.28. The van der Waals surface area contributed by atoms with E-state index in [1.807, 2.05) is 0 Å². The fraction of sp³-hybridized carbons (Fsp3) is 0.250. The van der Waals surface area contributed by atoms with Gasteiger partial charge in [0.15, 0.2) is 0 Å². The fourth-order valence-corrected chi connectivity index (χ4v) is 4.26. The van der Waals surface area contributed by atoms with E-state index in [0.29, 0.717) is 35.1 Å². The Morgan fingerprint density at radius 3 is 2.17 bits per heavy atom. The molecule has 1 N–H and O–H groups in total. The Balaban J connectivity index is 0.00000145. The van der Waals surface area contributed by atoms with Crippen LogP contribution >= 0.6 is 0 Å². The van der Waals surface area contributed by atoms with Crippen molar-refractivity contribution in [2.24, 2.45) is 0 Å². The van der Waals surface area contributed by atoms with Gasteiger partial charge in [-0.05, 0) is 54.4 Å². The minimum atomic E-state index is -3.85. The van der Waals surface area contributed by atoms with Gasteiger partial charge in [0.1, 0.15) is 11.5 Å². The molecule has 0 atom stereocenters. The second kappa shape index (κ2) is 9.42. The van der Waals surface area contributed by atoms with Crippen LogP contribution in [0.15, 0.2) is 53.6 Å². The monoisotopic (exact) mass is 423 g/mol. The highest BCUT2D eigenvalue weighted by Gasteiger charge is 2.22. The first-order valence-corrected chi connectivity index (χ1v) is 9.98. The van der Waals surface area contributed by atoms with Gasteiger partial charge in [-0.25, -0.2) is 12.4 Å². The molecule has 0 saturated carbocycles. The number of carboxylic acids is 1. The summed E-state index contributed by atoms with van der Waals surface area (Å²) in [5, 5.41) is 9.63. The van der Waals surface area contributed by atoms with Crippen LogP contribution in [0.3, 0.4) is 0 Å². The highest BCUT2D eigenvalue weighted by Crippen LogP contribution is 2.30. The molecular weight excluding hydrogens is 401 g/mol. The summed E-state index contributed by atoms with van der Waals surface area (Å²) >= 11 is 0. The van der Waals surface area contributed by atoms with Crippen LogP contribution in [0.1, 0.15) is 12.0 Å². The van der Waals surface area contributed by atoms with E-state index >= 15 is 0 Å². The molecule has 0 radical (unpaired) electrons. The van der Waals surface area contributed by atoms with Crippen LogP contribution in [0.4, 0.5) is 4.39 Å². The molecule has 1 aromatic heterocycles. The molecule has 0 aliphatic rings. The van der Waals surface area contributed by atoms with Crippen molar-refractivity contribution < 1.29 is 32.2 Å². The number of rotatable bonds is 7. The quantitative estimate of drug-likeness (QED) is 0.625. The molecule has 0 unspecified atom stereocenters. The zero-order chi connectivity index (χ0) is 21.6. The third-order valence-corrected chi connectivity index (χ3v) is 5.97. The Kier molecular flexibility index (Phi) is 7.22. The van der Waals surface area contributed by atoms with Crippen molar-refractivity contribution in [2.45, 2.75) is 17.7 Å². The van der Waals surface area contributed by atoms with Crippen molar-refractivity contribution in [1.82, 2.24) is 3.97 Å². The molecule has 3 aromatic rings. The number of ether oxygens (including phenoxy) is 2. The zero-order valence-corrected chi connectivity index (χ0v) is 17.1. The van der Waals surface area contributed by atoms with Crippen LogP contribution in [-0.4, -0.2) is 44.9 Å². The van der Waals surface area contributed by atoms with Gasteiger partial charge in [0.25, 0.3) is 10.0 Å². The van der Waals surface area contributed by atoms with E-state index in [-0.39, 0.29) is 17.7 Å². The summed E-state index contributed by atoms with van der Waals surface area (Å²) < 4.78 is 47.2. The Morgan fingerprint density at radius 2 is 1.62 bits per heavy atom. The van der Waals surface area contributed by atoms with Gasteiger partial charge in [-0.15, -0.1) is 0 Å². The van der Waals surface area contributed by atoms with E-state index < -0.39 is 16.0 Å². The van der Waals surface area contributed by atoms with Crippen molar-refractivity contribution in [3.05, 3.63) is 54.2 Å². The van der Waals surface area contributed by atoms with Gasteiger partial charge in [-0.2, -0.15) is 0 Å². The molecule has 9 heteroatoms. The molecule has 0 saturated heterocycles. The summed E-state index contributed by atoms with van der Waals surface area (Å²) in [7, 11) is -0.333. The van der Waals surface area contributed by atoms with E-state index in [4.69, 9.17) is 14.6 Å². The molecule has 7 nitrogen and oxygen atoms in total. The summed E-state index contributed by atoms with van der Waals surface area (Å²) in [6, 6.07) is 11.1. The van der Waals surface area contributed by atoms with Crippen molar-refractivity contribution in [3.8, 4) is 11.5 Å². The predicted molar refractivity (Wildman–Crippen MR) is 107 cm³/mol. The molecule has 156 valence electrons. The number of carbonyl (C=O) groups is 1. The van der Waals surface area contributed by atoms with E-state index in [1.165, 1.54) is 36.5 Å². The number of aromatic nitrogens is 1.